The number of hydrogen-bond donors (Lipinski definition) is 2. The molecule has 0 aromatic heterocycles. The number of nitrogens with zero attached hydrogens (tertiary/aromatic N) is 1. The van der Waals surface area contributed by atoms with Crippen LogP contribution in [0, 0.1) is 0 Å². The zero-order valence-corrected chi connectivity index (χ0v) is 7.17. The Morgan fingerprint density at radius 2 is 2.14 bits per heavy atom. The molecule has 1 fully saturated rings. The predicted molar refractivity (Wildman–Crippen MR) is 41.6 cm³/mol. The third-order valence-electron chi connectivity index (χ3n) is 1.80. The molecule has 0 spiro atoms. The van der Waals surface area contributed by atoms with Gasteiger partial charge in [-0.15, -0.1) is 0 Å². The van der Waals surface area contributed by atoms with Gasteiger partial charge in [0.05, 0.1) is 13.1 Å². The lowest BCUT2D eigenvalue weighted by atomic mass is 10.2. The summed E-state index contributed by atoms with van der Waals surface area (Å²) in [4.78, 5) is 32.8. The van der Waals surface area contributed by atoms with E-state index in [4.69, 9.17) is 10.2 Å². The Morgan fingerprint density at radius 1 is 1.50 bits per heavy atom. The summed E-state index contributed by atoms with van der Waals surface area (Å²) >= 11 is 0. The van der Waals surface area contributed by atoms with Crippen molar-refractivity contribution in [3.63, 3.8) is 0 Å². The SMILES string of the molecule is O=C(O)CN1CC(=O)OCC1C(=O)O. The first-order valence-electron chi connectivity index (χ1n) is 3.85. The molecule has 0 aromatic carbocycles. The van der Waals surface area contributed by atoms with E-state index < -0.39 is 30.5 Å². The highest BCUT2D eigenvalue weighted by Gasteiger charge is 2.34. The third-order valence-corrected chi connectivity index (χ3v) is 1.80. The van der Waals surface area contributed by atoms with E-state index in [9.17, 15) is 14.4 Å². The summed E-state index contributed by atoms with van der Waals surface area (Å²) in [5.74, 6) is -2.98. The quantitative estimate of drug-likeness (QED) is 0.531. The molecule has 0 saturated carbocycles. The van der Waals surface area contributed by atoms with Crippen LogP contribution in [-0.4, -0.2) is 58.8 Å². The van der Waals surface area contributed by atoms with Gasteiger partial charge >= 0.3 is 17.9 Å². The molecule has 0 amide bonds. The first kappa shape index (κ1) is 10.5. The van der Waals surface area contributed by atoms with Gasteiger partial charge < -0.3 is 14.9 Å². The molecule has 7 heteroatoms. The molecule has 0 aromatic rings. The average Bonchev–Trinajstić information content (AvgIpc) is 2.01. The number of morpholine rings is 1. The topological polar surface area (TPSA) is 104 Å². The van der Waals surface area contributed by atoms with Crippen LogP contribution in [0.2, 0.25) is 0 Å². The van der Waals surface area contributed by atoms with E-state index in [1.807, 2.05) is 0 Å². The van der Waals surface area contributed by atoms with E-state index in [0.29, 0.717) is 0 Å². The van der Waals surface area contributed by atoms with Gasteiger partial charge in [-0.1, -0.05) is 0 Å². The lowest BCUT2D eigenvalue weighted by molar-refractivity contribution is -0.164. The fourth-order valence-corrected chi connectivity index (χ4v) is 1.17. The molecule has 14 heavy (non-hydrogen) atoms. The number of carboxylic acids is 2. The van der Waals surface area contributed by atoms with Crippen LogP contribution in [-0.2, 0) is 19.1 Å². The fraction of sp³-hybridized carbons (Fsp3) is 0.571. The number of ether oxygens (including phenoxy) is 1. The Labute approximate surface area is 78.9 Å². The molecule has 78 valence electrons. The first-order chi connectivity index (χ1) is 6.50. The van der Waals surface area contributed by atoms with Crippen LogP contribution in [0.3, 0.4) is 0 Å². The van der Waals surface area contributed by atoms with Gasteiger partial charge in [0.25, 0.3) is 0 Å². The molecule has 7 nitrogen and oxygen atoms in total. The van der Waals surface area contributed by atoms with Crippen molar-refractivity contribution in [2.75, 3.05) is 19.7 Å². The van der Waals surface area contributed by atoms with Crippen molar-refractivity contribution in [3.8, 4) is 0 Å². The number of carboxylic acid groups (broad SMARTS) is 2. The zero-order chi connectivity index (χ0) is 10.7. The van der Waals surface area contributed by atoms with E-state index in [1.165, 1.54) is 0 Å². The highest BCUT2D eigenvalue weighted by atomic mass is 16.5. The van der Waals surface area contributed by atoms with E-state index in [1.54, 1.807) is 0 Å². The summed E-state index contributed by atoms with van der Waals surface area (Å²) < 4.78 is 4.51. The minimum absolute atomic E-state index is 0.302. The highest BCUT2D eigenvalue weighted by Crippen LogP contribution is 2.07. The molecule has 0 aliphatic carbocycles. The maximum absolute atomic E-state index is 10.8. The summed E-state index contributed by atoms with van der Waals surface area (Å²) in [5, 5.41) is 17.1. The Hall–Kier alpha value is -1.63. The van der Waals surface area contributed by atoms with E-state index in [0.717, 1.165) is 4.90 Å². The summed E-state index contributed by atoms with van der Waals surface area (Å²) in [5.41, 5.74) is 0. The lowest BCUT2D eigenvalue weighted by Gasteiger charge is -2.30. The number of carbonyl (C=O) groups excluding carboxylic acids is 1. The number of carbonyl (C=O) groups is 3. The van der Waals surface area contributed by atoms with Gasteiger partial charge in [0.2, 0.25) is 0 Å². The van der Waals surface area contributed by atoms with Crippen molar-refractivity contribution >= 4 is 17.9 Å². The molecule has 0 bridgehead atoms. The van der Waals surface area contributed by atoms with Gasteiger partial charge in [0.15, 0.2) is 0 Å². The van der Waals surface area contributed by atoms with Crippen molar-refractivity contribution in [2.24, 2.45) is 0 Å². The molecule has 1 unspecified atom stereocenters. The number of rotatable bonds is 3. The zero-order valence-electron chi connectivity index (χ0n) is 7.17. The Kier molecular flexibility index (Phi) is 3.03. The summed E-state index contributed by atoms with van der Waals surface area (Å²) in [6, 6.07) is -1.07. The second-order valence-corrected chi connectivity index (χ2v) is 2.84. The maximum Gasteiger partial charge on any atom is 0.324 e. The van der Waals surface area contributed by atoms with Crippen LogP contribution in [0.15, 0.2) is 0 Å². The van der Waals surface area contributed by atoms with Crippen LogP contribution in [0.25, 0.3) is 0 Å². The van der Waals surface area contributed by atoms with Gasteiger partial charge in [0.1, 0.15) is 12.6 Å². The van der Waals surface area contributed by atoms with Gasteiger partial charge in [-0.25, -0.2) is 0 Å². The van der Waals surface area contributed by atoms with Gasteiger partial charge in [-0.05, 0) is 0 Å². The molecule has 0 radical (unpaired) electrons. The molecular weight excluding hydrogens is 194 g/mol. The number of esters is 1. The average molecular weight is 203 g/mol. The molecule has 1 saturated heterocycles. The third kappa shape index (κ3) is 2.43. The molecule has 2 N–H and O–H groups in total. The Balaban J connectivity index is 2.68. The molecule has 1 aliphatic rings. The van der Waals surface area contributed by atoms with Crippen molar-refractivity contribution in [2.45, 2.75) is 6.04 Å². The summed E-state index contributed by atoms with van der Waals surface area (Å²) in [6.45, 7) is -1.09. The van der Waals surface area contributed by atoms with Gasteiger partial charge in [0, 0.05) is 0 Å². The van der Waals surface area contributed by atoms with Crippen LogP contribution in [0.1, 0.15) is 0 Å². The number of hydrogen-bond acceptors (Lipinski definition) is 5. The van der Waals surface area contributed by atoms with E-state index >= 15 is 0 Å². The number of cyclic esters (lactones) is 1. The van der Waals surface area contributed by atoms with Crippen molar-refractivity contribution < 1.29 is 29.3 Å². The second-order valence-electron chi connectivity index (χ2n) is 2.84. The predicted octanol–water partition coefficient (Wildman–Crippen LogP) is -1.62. The maximum atomic E-state index is 10.8. The van der Waals surface area contributed by atoms with Gasteiger partial charge in [-0.2, -0.15) is 0 Å². The van der Waals surface area contributed by atoms with Crippen molar-refractivity contribution in [1.82, 2.24) is 4.90 Å². The smallest absolute Gasteiger partial charge is 0.324 e. The molecule has 1 heterocycles. The Morgan fingerprint density at radius 3 is 2.64 bits per heavy atom. The van der Waals surface area contributed by atoms with Crippen LogP contribution >= 0.6 is 0 Å². The van der Waals surface area contributed by atoms with Crippen LogP contribution in [0.4, 0.5) is 0 Å². The van der Waals surface area contributed by atoms with Crippen LogP contribution < -0.4 is 0 Å². The monoisotopic (exact) mass is 203 g/mol. The first-order valence-corrected chi connectivity index (χ1v) is 3.85. The second kappa shape index (κ2) is 4.05. The van der Waals surface area contributed by atoms with Crippen LogP contribution in [0.5, 0.6) is 0 Å². The van der Waals surface area contributed by atoms with Crippen molar-refractivity contribution in [3.05, 3.63) is 0 Å². The summed E-state index contributed by atoms with van der Waals surface area (Å²) in [7, 11) is 0. The molecule has 1 aliphatic heterocycles. The number of aliphatic carboxylic acids is 2. The normalized spacial score (nSPS) is 22.9. The van der Waals surface area contributed by atoms with E-state index in [-0.39, 0.29) is 13.2 Å². The largest absolute Gasteiger partial charge is 0.480 e. The summed E-state index contributed by atoms with van der Waals surface area (Å²) in [6.07, 6.45) is 0. The van der Waals surface area contributed by atoms with E-state index in [2.05, 4.69) is 4.74 Å². The minimum atomic E-state index is -1.20. The lowest BCUT2D eigenvalue weighted by Crippen LogP contribution is -2.53. The molecule has 1 atom stereocenters. The fourth-order valence-electron chi connectivity index (χ4n) is 1.17. The highest BCUT2D eigenvalue weighted by molar-refractivity contribution is 5.80. The minimum Gasteiger partial charge on any atom is -0.480 e. The van der Waals surface area contributed by atoms with Gasteiger partial charge in [-0.3, -0.25) is 19.3 Å². The standard InChI is InChI=1S/C7H9NO6/c9-5(10)1-8-2-6(11)14-3-4(8)7(12)13/h4H,1-3H2,(H,9,10)(H,12,13). The molecular formula is C7H9NO6. The Bertz CT molecular complexity index is 273. The van der Waals surface area contributed by atoms with Crippen molar-refractivity contribution in [1.29, 1.82) is 0 Å². The molecule has 1 rings (SSSR count).